The summed E-state index contributed by atoms with van der Waals surface area (Å²) in [4.78, 5) is 17.8. The van der Waals surface area contributed by atoms with E-state index in [-0.39, 0.29) is 24.4 Å². The average molecular weight is 438 g/mol. The zero-order valence-corrected chi connectivity index (χ0v) is 18.8. The van der Waals surface area contributed by atoms with Crippen LogP contribution in [0.5, 0.6) is 0 Å². The van der Waals surface area contributed by atoms with Crippen molar-refractivity contribution in [2.24, 2.45) is 4.99 Å². The van der Waals surface area contributed by atoms with E-state index >= 15 is 0 Å². The summed E-state index contributed by atoms with van der Waals surface area (Å²) in [6.07, 6.45) is 0.405. The van der Waals surface area contributed by atoms with Crippen molar-refractivity contribution in [1.82, 2.24) is 15.5 Å². The number of para-hydroxylation sites is 1. The first-order valence-corrected chi connectivity index (χ1v) is 11.7. The number of hydrogen-bond acceptors (Lipinski definition) is 5. The fourth-order valence-electron chi connectivity index (χ4n) is 3.44. The molecule has 1 aromatic carbocycles. The molecule has 0 unspecified atom stereocenters. The van der Waals surface area contributed by atoms with Crippen molar-refractivity contribution >= 4 is 27.8 Å². The highest BCUT2D eigenvalue weighted by Crippen LogP contribution is 2.29. The lowest BCUT2D eigenvalue weighted by atomic mass is 10.1. The molecule has 0 spiro atoms. The molecule has 0 aromatic heterocycles. The number of fused-ring (bicyclic) bond motifs is 1. The Balaban J connectivity index is 1.43. The van der Waals surface area contributed by atoms with Crippen LogP contribution in [-0.2, 0) is 21.2 Å². The highest BCUT2D eigenvalue weighted by atomic mass is 32.2. The SMILES string of the molecule is CN=C(NCCS(=O)(=O)N1CCc2ccccc21)NC1CN(C(=O)OC(C)(C)C)C1. The van der Waals surface area contributed by atoms with Gasteiger partial charge in [0, 0.05) is 33.2 Å². The van der Waals surface area contributed by atoms with Crippen LogP contribution in [0.15, 0.2) is 29.3 Å². The number of aliphatic imine (C=N–C) groups is 1. The number of rotatable bonds is 5. The van der Waals surface area contributed by atoms with Gasteiger partial charge in [0.15, 0.2) is 5.96 Å². The topological polar surface area (TPSA) is 103 Å². The summed E-state index contributed by atoms with van der Waals surface area (Å²) in [6, 6.07) is 7.65. The zero-order chi connectivity index (χ0) is 21.9. The van der Waals surface area contributed by atoms with E-state index in [0.717, 1.165) is 17.7 Å². The molecule has 30 heavy (non-hydrogen) atoms. The molecule has 1 saturated heterocycles. The number of nitrogens with zero attached hydrogens (tertiary/aromatic N) is 3. The summed E-state index contributed by atoms with van der Waals surface area (Å²) < 4.78 is 32.3. The molecule has 1 amide bonds. The Morgan fingerprint density at radius 1 is 1.27 bits per heavy atom. The molecular formula is C20H31N5O4S. The number of guanidine groups is 1. The van der Waals surface area contributed by atoms with Crippen LogP contribution in [0.4, 0.5) is 10.5 Å². The monoisotopic (exact) mass is 437 g/mol. The standard InChI is InChI=1S/C20H31N5O4S/c1-20(2,3)29-19(26)24-13-16(14-24)23-18(21-4)22-10-12-30(27,28)25-11-9-15-7-5-6-8-17(15)25/h5-8,16H,9-14H2,1-4H3,(H2,21,22,23). The second kappa shape index (κ2) is 8.71. The molecule has 166 valence electrons. The highest BCUT2D eigenvalue weighted by molar-refractivity contribution is 7.92. The Labute approximate surface area is 178 Å². The molecule has 10 heteroatoms. The lowest BCUT2D eigenvalue weighted by Crippen LogP contribution is -2.63. The number of carbonyl (C=O) groups is 1. The van der Waals surface area contributed by atoms with Crippen molar-refractivity contribution in [2.75, 3.05) is 43.3 Å². The lowest BCUT2D eigenvalue weighted by Gasteiger charge is -2.40. The molecule has 2 aliphatic heterocycles. The van der Waals surface area contributed by atoms with Crippen LogP contribution in [0.25, 0.3) is 0 Å². The summed E-state index contributed by atoms with van der Waals surface area (Å²) >= 11 is 0. The fourth-order valence-corrected chi connectivity index (χ4v) is 4.87. The van der Waals surface area contributed by atoms with Crippen LogP contribution in [0.3, 0.4) is 0 Å². The minimum atomic E-state index is -3.42. The molecule has 0 aliphatic carbocycles. The Hall–Kier alpha value is -2.49. The van der Waals surface area contributed by atoms with E-state index in [9.17, 15) is 13.2 Å². The van der Waals surface area contributed by atoms with Gasteiger partial charge in [0.1, 0.15) is 5.60 Å². The van der Waals surface area contributed by atoms with Crippen LogP contribution in [0, 0.1) is 0 Å². The number of hydrogen-bond donors (Lipinski definition) is 2. The molecule has 0 radical (unpaired) electrons. The molecule has 3 rings (SSSR count). The van der Waals surface area contributed by atoms with Gasteiger partial charge in [-0.2, -0.15) is 0 Å². The Bertz CT molecular complexity index is 904. The quantitative estimate of drug-likeness (QED) is 0.529. The number of amides is 1. The third-order valence-electron chi connectivity index (χ3n) is 4.93. The van der Waals surface area contributed by atoms with Gasteiger partial charge in [-0.05, 0) is 38.8 Å². The number of likely N-dealkylation sites (tertiary alicyclic amines) is 1. The van der Waals surface area contributed by atoms with Gasteiger partial charge in [0.2, 0.25) is 10.0 Å². The van der Waals surface area contributed by atoms with Crippen molar-refractivity contribution in [3.8, 4) is 0 Å². The van der Waals surface area contributed by atoms with E-state index in [2.05, 4.69) is 15.6 Å². The summed E-state index contributed by atoms with van der Waals surface area (Å²) in [7, 11) is -1.79. The van der Waals surface area contributed by atoms with E-state index in [1.54, 1.807) is 11.9 Å². The Morgan fingerprint density at radius 2 is 1.97 bits per heavy atom. The second-order valence-electron chi connectivity index (χ2n) is 8.49. The van der Waals surface area contributed by atoms with Crippen LogP contribution < -0.4 is 14.9 Å². The molecule has 0 atom stereocenters. The molecule has 2 heterocycles. The van der Waals surface area contributed by atoms with E-state index in [0.29, 0.717) is 25.6 Å². The first-order chi connectivity index (χ1) is 14.1. The van der Waals surface area contributed by atoms with Crippen molar-refractivity contribution in [2.45, 2.75) is 38.8 Å². The molecule has 9 nitrogen and oxygen atoms in total. The summed E-state index contributed by atoms with van der Waals surface area (Å²) in [5.74, 6) is 0.484. The van der Waals surface area contributed by atoms with Gasteiger partial charge < -0.3 is 20.3 Å². The van der Waals surface area contributed by atoms with Gasteiger partial charge in [-0.1, -0.05) is 18.2 Å². The Morgan fingerprint density at radius 3 is 2.63 bits per heavy atom. The van der Waals surface area contributed by atoms with Crippen LogP contribution in [-0.4, -0.2) is 76.0 Å². The third kappa shape index (κ3) is 5.35. The number of sulfonamides is 1. The summed E-state index contributed by atoms with van der Waals surface area (Å²) in [5, 5.41) is 6.26. The number of benzene rings is 1. The van der Waals surface area contributed by atoms with E-state index in [4.69, 9.17) is 4.74 Å². The largest absolute Gasteiger partial charge is 0.444 e. The predicted octanol–water partition coefficient (Wildman–Crippen LogP) is 1.16. The van der Waals surface area contributed by atoms with Crippen molar-refractivity contribution < 1.29 is 17.9 Å². The van der Waals surface area contributed by atoms with E-state index < -0.39 is 15.6 Å². The second-order valence-corrected chi connectivity index (χ2v) is 10.5. The minimum absolute atomic E-state index is 0.0310. The Kier molecular flexibility index (Phi) is 6.44. The van der Waals surface area contributed by atoms with Crippen molar-refractivity contribution in [3.05, 3.63) is 29.8 Å². The number of nitrogens with one attached hydrogen (secondary N) is 2. The van der Waals surface area contributed by atoms with E-state index in [1.165, 1.54) is 4.31 Å². The van der Waals surface area contributed by atoms with Gasteiger partial charge >= 0.3 is 6.09 Å². The first kappa shape index (κ1) is 22.2. The predicted molar refractivity (Wildman–Crippen MR) is 117 cm³/mol. The van der Waals surface area contributed by atoms with Crippen LogP contribution in [0.1, 0.15) is 26.3 Å². The molecule has 0 saturated carbocycles. The molecule has 2 N–H and O–H groups in total. The van der Waals surface area contributed by atoms with E-state index in [1.807, 2.05) is 45.0 Å². The normalized spacial score (nSPS) is 17.4. The minimum Gasteiger partial charge on any atom is -0.444 e. The summed E-state index contributed by atoms with van der Waals surface area (Å²) in [6.45, 7) is 7.25. The number of ether oxygens (including phenoxy) is 1. The van der Waals surface area contributed by atoms with Gasteiger partial charge in [-0.25, -0.2) is 13.2 Å². The average Bonchev–Trinajstić information content (AvgIpc) is 3.06. The fraction of sp³-hybridized carbons (Fsp3) is 0.600. The van der Waals surface area contributed by atoms with Gasteiger partial charge in [-0.3, -0.25) is 9.30 Å². The third-order valence-corrected chi connectivity index (χ3v) is 6.70. The molecule has 2 aliphatic rings. The van der Waals surface area contributed by atoms with Crippen LogP contribution in [0.2, 0.25) is 0 Å². The number of carbonyl (C=O) groups excluding carboxylic acids is 1. The lowest BCUT2D eigenvalue weighted by molar-refractivity contribution is 0.00701. The molecular weight excluding hydrogens is 406 g/mol. The van der Waals surface area contributed by atoms with Crippen molar-refractivity contribution in [1.29, 1.82) is 0 Å². The molecule has 1 aromatic rings. The smallest absolute Gasteiger partial charge is 0.410 e. The van der Waals surface area contributed by atoms with Crippen LogP contribution >= 0.6 is 0 Å². The van der Waals surface area contributed by atoms with Gasteiger partial charge in [0.05, 0.1) is 17.5 Å². The maximum absolute atomic E-state index is 12.8. The van der Waals surface area contributed by atoms with Crippen molar-refractivity contribution in [3.63, 3.8) is 0 Å². The molecule has 1 fully saturated rings. The van der Waals surface area contributed by atoms with Gasteiger partial charge in [-0.15, -0.1) is 0 Å². The molecule has 0 bridgehead atoms. The first-order valence-electron chi connectivity index (χ1n) is 10.1. The van der Waals surface area contributed by atoms with Gasteiger partial charge in [0.25, 0.3) is 0 Å². The zero-order valence-electron chi connectivity index (χ0n) is 18.0. The summed E-state index contributed by atoms with van der Waals surface area (Å²) in [5.41, 5.74) is 1.32. The maximum Gasteiger partial charge on any atom is 0.410 e. The number of anilines is 1. The maximum atomic E-state index is 12.8. The highest BCUT2D eigenvalue weighted by Gasteiger charge is 2.34.